The van der Waals surface area contributed by atoms with Crippen LogP contribution in [0.25, 0.3) is 0 Å². The largest absolute Gasteiger partial charge is 0.483 e. The normalized spacial score (nSPS) is 12.3. The van der Waals surface area contributed by atoms with Crippen molar-refractivity contribution in [3.8, 4) is 5.75 Å². The monoisotopic (exact) mass is 299 g/mol. The molecular weight excluding hydrogens is 277 g/mol. The first kappa shape index (κ1) is 17.4. The van der Waals surface area contributed by atoms with Crippen LogP contribution in [0.1, 0.15) is 31.9 Å². The summed E-state index contributed by atoms with van der Waals surface area (Å²) in [5.74, 6) is -0.448. The van der Waals surface area contributed by atoms with Gasteiger partial charge in [0, 0.05) is 17.2 Å². The van der Waals surface area contributed by atoms with Crippen molar-refractivity contribution in [3.05, 3.63) is 29.1 Å². The molecule has 0 saturated heterocycles. The Morgan fingerprint density at radius 1 is 1.24 bits per heavy atom. The Labute approximate surface area is 123 Å². The average Bonchev–Trinajstić information content (AvgIpc) is 2.44. The molecule has 118 valence electrons. The number of ether oxygens (including phenoxy) is 1. The molecule has 1 atom stereocenters. The number of aliphatic hydroxyl groups is 2. The van der Waals surface area contributed by atoms with E-state index in [1.54, 1.807) is 0 Å². The Balaban J connectivity index is 2.77. The number of carbonyl (C=O) groups is 1. The van der Waals surface area contributed by atoms with Crippen molar-refractivity contribution in [2.75, 3.05) is 6.61 Å². The Kier molecular flexibility index (Phi) is 6.58. The standard InChI is InChI=1S/C15H22FNO4/c1-9(2)10(3)17-14(20)8-21-15-11(6-18)4-13(16)5-12(15)7-19/h4-5,9-10,18-19H,6-8H2,1-3H3,(H,17,20). The van der Waals surface area contributed by atoms with Gasteiger partial charge < -0.3 is 20.3 Å². The molecule has 0 fully saturated rings. The van der Waals surface area contributed by atoms with Crippen LogP contribution in [0, 0.1) is 11.7 Å². The summed E-state index contributed by atoms with van der Waals surface area (Å²) in [6, 6.07) is 2.23. The average molecular weight is 299 g/mol. The maximum Gasteiger partial charge on any atom is 0.258 e. The van der Waals surface area contributed by atoms with Crippen LogP contribution in [0.3, 0.4) is 0 Å². The molecule has 0 aliphatic carbocycles. The highest BCUT2D eigenvalue weighted by Crippen LogP contribution is 2.26. The van der Waals surface area contributed by atoms with Gasteiger partial charge in [-0.25, -0.2) is 4.39 Å². The number of aliphatic hydroxyl groups excluding tert-OH is 2. The van der Waals surface area contributed by atoms with Gasteiger partial charge in [0.05, 0.1) is 13.2 Å². The topological polar surface area (TPSA) is 78.8 Å². The minimum atomic E-state index is -0.576. The zero-order chi connectivity index (χ0) is 16.0. The third-order valence-corrected chi connectivity index (χ3v) is 3.28. The fraction of sp³-hybridized carbons (Fsp3) is 0.533. The molecule has 21 heavy (non-hydrogen) atoms. The zero-order valence-corrected chi connectivity index (χ0v) is 12.5. The van der Waals surface area contributed by atoms with Gasteiger partial charge in [0.15, 0.2) is 6.61 Å². The highest BCUT2D eigenvalue weighted by Gasteiger charge is 2.15. The summed E-state index contributed by atoms with van der Waals surface area (Å²) >= 11 is 0. The maximum absolute atomic E-state index is 13.3. The van der Waals surface area contributed by atoms with Crippen LogP contribution in [-0.2, 0) is 18.0 Å². The summed E-state index contributed by atoms with van der Waals surface area (Å²) in [4.78, 5) is 11.8. The first-order chi connectivity index (χ1) is 9.88. The van der Waals surface area contributed by atoms with Crippen molar-refractivity contribution >= 4 is 5.91 Å². The molecule has 0 heterocycles. The lowest BCUT2D eigenvalue weighted by atomic mass is 10.1. The lowest BCUT2D eigenvalue weighted by molar-refractivity contribution is -0.124. The van der Waals surface area contributed by atoms with Crippen LogP contribution >= 0.6 is 0 Å². The molecule has 0 radical (unpaired) electrons. The summed E-state index contributed by atoms with van der Waals surface area (Å²) in [6.07, 6.45) is 0. The van der Waals surface area contributed by atoms with E-state index in [4.69, 9.17) is 4.74 Å². The van der Waals surface area contributed by atoms with Crippen LogP contribution < -0.4 is 10.1 Å². The van der Waals surface area contributed by atoms with E-state index in [9.17, 15) is 19.4 Å². The third kappa shape index (κ3) is 4.99. The quantitative estimate of drug-likeness (QED) is 0.710. The Bertz CT molecular complexity index is 466. The highest BCUT2D eigenvalue weighted by atomic mass is 19.1. The van der Waals surface area contributed by atoms with Gasteiger partial charge in [-0.3, -0.25) is 4.79 Å². The van der Waals surface area contributed by atoms with Gasteiger partial charge in [0.25, 0.3) is 5.91 Å². The fourth-order valence-corrected chi connectivity index (χ4v) is 1.73. The molecule has 6 heteroatoms. The predicted octanol–water partition coefficient (Wildman–Crippen LogP) is 1.35. The molecule has 0 saturated carbocycles. The van der Waals surface area contributed by atoms with Crippen molar-refractivity contribution in [1.82, 2.24) is 5.32 Å². The minimum Gasteiger partial charge on any atom is -0.483 e. The first-order valence-corrected chi connectivity index (χ1v) is 6.84. The number of hydrogen-bond acceptors (Lipinski definition) is 4. The molecule has 0 aliphatic rings. The fourth-order valence-electron chi connectivity index (χ4n) is 1.73. The number of amides is 1. The van der Waals surface area contributed by atoms with E-state index in [2.05, 4.69) is 5.32 Å². The lowest BCUT2D eigenvalue weighted by Gasteiger charge is -2.18. The highest BCUT2D eigenvalue weighted by molar-refractivity contribution is 5.77. The van der Waals surface area contributed by atoms with E-state index < -0.39 is 19.0 Å². The molecule has 0 spiro atoms. The second-order valence-electron chi connectivity index (χ2n) is 5.26. The Morgan fingerprint density at radius 2 is 1.76 bits per heavy atom. The number of benzene rings is 1. The molecule has 5 nitrogen and oxygen atoms in total. The van der Waals surface area contributed by atoms with Gasteiger partial charge in [0.1, 0.15) is 11.6 Å². The van der Waals surface area contributed by atoms with Gasteiger partial charge >= 0.3 is 0 Å². The van der Waals surface area contributed by atoms with Crippen molar-refractivity contribution < 1.29 is 24.1 Å². The summed E-state index contributed by atoms with van der Waals surface area (Å²) in [7, 11) is 0. The molecule has 0 aromatic heterocycles. The smallest absolute Gasteiger partial charge is 0.258 e. The molecular formula is C15H22FNO4. The van der Waals surface area contributed by atoms with Gasteiger partial charge in [-0.15, -0.1) is 0 Å². The number of nitrogens with one attached hydrogen (secondary N) is 1. The molecule has 1 aromatic carbocycles. The van der Waals surface area contributed by atoms with Gasteiger partial charge in [0.2, 0.25) is 0 Å². The molecule has 0 aliphatic heterocycles. The number of halogens is 1. The van der Waals surface area contributed by atoms with E-state index in [0.29, 0.717) is 5.92 Å². The number of rotatable bonds is 7. The molecule has 1 aromatic rings. The predicted molar refractivity (Wildman–Crippen MR) is 76.2 cm³/mol. The van der Waals surface area contributed by atoms with E-state index in [-0.39, 0.29) is 35.4 Å². The summed E-state index contributed by atoms with van der Waals surface area (Å²) in [6.45, 7) is 4.72. The van der Waals surface area contributed by atoms with Gasteiger partial charge in [-0.2, -0.15) is 0 Å². The van der Waals surface area contributed by atoms with E-state index >= 15 is 0 Å². The van der Waals surface area contributed by atoms with Crippen molar-refractivity contribution in [2.45, 2.75) is 40.0 Å². The van der Waals surface area contributed by atoms with Crippen LogP contribution in [0.5, 0.6) is 5.75 Å². The van der Waals surface area contributed by atoms with E-state index in [0.717, 1.165) is 12.1 Å². The number of carbonyl (C=O) groups excluding carboxylic acids is 1. The molecule has 1 amide bonds. The van der Waals surface area contributed by atoms with E-state index in [1.165, 1.54) is 0 Å². The molecule has 1 rings (SSSR count). The molecule has 0 bridgehead atoms. The second kappa shape index (κ2) is 7.95. The van der Waals surface area contributed by atoms with Gasteiger partial charge in [-0.1, -0.05) is 13.8 Å². The van der Waals surface area contributed by atoms with E-state index in [1.807, 2.05) is 20.8 Å². The second-order valence-corrected chi connectivity index (χ2v) is 5.26. The first-order valence-electron chi connectivity index (χ1n) is 6.84. The van der Waals surface area contributed by atoms with Crippen molar-refractivity contribution in [3.63, 3.8) is 0 Å². The number of hydrogen-bond donors (Lipinski definition) is 3. The summed E-state index contributed by atoms with van der Waals surface area (Å²) < 4.78 is 18.6. The Morgan fingerprint density at radius 3 is 2.19 bits per heavy atom. The minimum absolute atomic E-state index is 0.00365. The summed E-state index contributed by atoms with van der Waals surface area (Å²) in [5.41, 5.74) is 0.396. The molecule has 1 unspecified atom stereocenters. The zero-order valence-electron chi connectivity index (χ0n) is 12.5. The lowest BCUT2D eigenvalue weighted by Crippen LogP contribution is -2.39. The van der Waals surface area contributed by atoms with Crippen LogP contribution in [-0.4, -0.2) is 28.8 Å². The van der Waals surface area contributed by atoms with Crippen molar-refractivity contribution in [1.29, 1.82) is 0 Å². The third-order valence-electron chi connectivity index (χ3n) is 3.28. The van der Waals surface area contributed by atoms with Crippen molar-refractivity contribution in [2.24, 2.45) is 5.92 Å². The summed E-state index contributed by atoms with van der Waals surface area (Å²) in [5, 5.41) is 21.2. The maximum atomic E-state index is 13.3. The van der Waals surface area contributed by atoms with Gasteiger partial charge in [-0.05, 0) is 25.0 Å². The Hall–Kier alpha value is -1.66. The SMILES string of the molecule is CC(C)C(C)NC(=O)COc1c(CO)cc(F)cc1CO. The van der Waals surface area contributed by atoms with Crippen LogP contribution in [0.15, 0.2) is 12.1 Å². The molecule has 3 N–H and O–H groups in total. The van der Waals surface area contributed by atoms with Crippen LogP contribution in [0.4, 0.5) is 4.39 Å². The van der Waals surface area contributed by atoms with Crippen LogP contribution in [0.2, 0.25) is 0 Å².